The number of benzene rings is 2. The molecule has 0 spiro atoms. The summed E-state index contributed by atoms with van der Waals surface area (Å²) in [5.74, 6) is -1.74. The van der Waals surface area contributed by atoms with Crippen molar-refractivity contribution in [2.75, 3.05) is 31.1 Å². The zero-order valence-corrected chi connectivity index (χ0v) is 28.1. The molecule has 16 heteroatoms. The first-order valence-electron chi connectivity index (χ1n) is 16.3. The summed E-state index contributed by atoms with van der Waals surface area (Å²) in [5, 5.41) is 15.9. The van der Waals surface area contributed by atoms with E-state index in [2.05, 4.69) is 48.4 Å². The number of nitrogens with one attached hydrogen (secondary N) is 1. The largest absolute Gasteiger partial charge is 0.486 e. The molecule has 0 unspecified atom stereocenters. The van der Waals surface area contributed by atoms with Crippen molar-refractivity contribution in [2.24, 2.45) is 0 Å². The first-order valence-corrected chi connectivity index (χ1v) is 16.3. The molecule has 1 atom stereocenters. The van der Waals surface area contributed by atoms with E-state index in [4.69, 9.17) is 19.7 Å². The summed E-state index contributed by atoms with van der Waals surface area (Å²) in [6, 6.07) is 12.2. The Morgan fingerprint density at radius 2 is 1.84 bits per heavy atom. The average Bonchev–Trinajstić information content (AvgIpc) is 3.70. The number of aromatic amines is 1. The Morgan fingerprint density at radius 1 is 1.04 bits per heavy atom. The lowest BCUT2D eigenvalue weighted by molar-refractivity contribution is -0.144. The van der Waals surface area contributed by atoms with Gasteiger partial charge in [-0.15, -0.1) is 10.2 Å². The summed E-state index contributed by atoms with van der Waals surface area (Å²) in [4.78, 5) is 16.0. The highest BCUT2D eigenvalue weighted by Crippen LogP contribution is 2.34. The minimum atomic E-state index is -4.67. The number of rotatable bonds is 9. The fourth-order valence-electron chi connectivity index (χ4n) is 6.48. The van der Waals surface area contributed by atoms with Crippen LogP contribution >= 0.6 is 0 Å². The molecule has 5 aromatic rings. The number of anilines is 1. The van der Waals surface area contributed by atoms with Gasteiger partial charge in [-0.2, -0.15) is 18.4 Å². The molecule has 5 heterocycles. The number of aromatic nitrogens is 6. The van der Waals surface area contributed by atoms with Crippen LogP contribution in [0.15, 0.2) is 48.7 Å². The molecule has 266 valence electrons. The molecular weight excluding hydrogens is 673 g/mol. The second kappa shape index (κ2) is 12.9. The standard InChI is InChI=1S/C35H34F5N9O2/c1-33(2)19-47(23-6-7-24(36)29(13-23)50-18-22-5-4-21(15-41)12-25(22)37)9-10-48(33)17-30-43-26-14-27(31-44-32(46-45-31)35(38,39)40)42-16-28(26)49(30)20-34(3)8-11-51-34/h4-7,12-14,16H,8-11,17-20H2,1-3H3,(H,44,45,46)/t34-/m0/s1. The number of halogens is 5. The lowest BCUT2D eigenvalue weighted by Crippen LogP contribution is -2.59. The first-order chi connectivity index (χ1) is 24.2. The van der Waals surface area contributed by atoms with Crippen LogP contribution in [0.1, 0.15) is 50.0 Å². The number of alkyl halides is 3. The van der Waals surface area contributed by atoms with Gasteiger partial charge in [-0.25, -0.2) is 13.8 Å². The molecule has 2 aromatic carbocycles. The molecule has 51 heavy (non-hydrogen) atoms. The van der Waals surface area contributed by atoms with E-state index in [0.29, 0.717) is 44.8 Å². The lowest BCUT2D eigenvalue weighted by atomic mass is 9.97. The third-order valence-electron chi connectivity index (χ3n) is 9.54. The molecular formula is C35H34F5N9O2. The summed E-state index contributed by atoms with van der Waals surface area (Å²) in [6.45, 7) is 9.53. The molecule has 2 aliphatic heterocycles. The molecule has 2 fully saturated rings. The van der Waals surface area contributed by atoms with Crippen LogP contribution in [0.5, 0.6) is 5.75 Å². The Kier molecular flexibility index (Phi) is 8.67. The van der Waals surface area contributed by atoms with Crippen LogP contribution in [0.2, 0.25) is 0 Å². The van der Waals surface area contributed by atoms with Crippen LogP contribution in [-0.2, 0) is 30.6 Å². The third kappa shape index (κ3) is 6.95. The highest BCUT2D eigenvalue weighted by atomic mass is 19.4. The van der Waals surface area contributed by atoms with Crippen molar-refractivity contribution < 1.29 is 31.4 Å². The summed E-state index contributed by atoms with van der Waals surface area (Å²) < 4.78 is 82.3. The fourth-order valence-corrected chi connectivity index (χ4v) is 6.48. The quantitative estimate of drug-likeness (QED) is 0.178. The Hall–Kier alpha value is -5.14. The molecule has 0 radical (unpaired) electrons. The predicted molar refractivity (Wildman–Crippen MR) is 175 cm³/mol. The number of H-pyrrole nitrogens is 1. The molecule has 2 aliphatic rings. The van der Waals surface area contributed by atoms with Crippen LogP contribution in [-0.4, -0.2) is 72.0 Å². The number of hydrogen-bond donors (Lipinski definition) is 1. The molecule has 7 rings (SSSR count). The monoisotopic (exact) mass is 707 g/mol. The van der Waals surface area contributed by atoms with Crippen LogP contribution < -0.4 is 9.64 Å². The van der Waals surface area contributed by atoms with Crippen molar-refractivity contribution in [3.8, 4) is 23.3 Å². The van der Waals surface area contributed by atoms with E-state index in [0.717, 1.165) is 29.5 Å². The number of nitriles is 1. The van der Waals surface area contributed by atoms with Crippen molar-refractivity contribution in [1.82, 2.24) is 34.6 Å². The molecule has 0 amide bonds. The normalized spacial score (nSPS) is 19.2. The van der Waals surface area contributed by atoms with E-state index in [1.165, 1.54) is 18.2 Å². The van der Waals surface area contributed by atoms with Gasteiger partial charge < -0.3 is 23.9 Å². The van der Waals surface area contributed by atoms with Gasteiger partial charge in [0.25, 0.3) is 0 Å². The van der Waals surface area contributed by atoms with Gasteiger partial charge >= 0.3 is 6.18 Å². The first kappa shape index (κ1) is 34.3. The molecule has 0 aliphatic carbocycles. The average molecular weight is 708 g/mol. The van der Waals surface area contributed by atoms with Crippen molar-refractivity contribution in [2.45, 2.75) is 64.2 Å². The van der Waals surface area contributed by atoms with E-state index in [1.807, 2.05) is 13.0 Å². The van der Waals surface area contributed by atoms with E-state index in [9.17, 15) is 22.0 Å². The van der Waals surface area contributed by atoms with Gasteiger partial charge in [0.1, 0.15) is 23.9 Å². The van der Waals surface area contributed by atoms with Gasteiger partial charge in [0.2, 0.25) is 5.82 Å². The number of fused-ring (bicyclic) bond motifs is 1. The minimum Gasteiger partial charge on any atom is -0.486 e. The van der Waals surface area contributed by atoms with Crippen molar-refractivity contribution >= 4 is 16.7 Å². The second-order valence-electron chi connectivity index (χ2n) is 13.7. The number of piperazine rings is 1. The van der Waals surface area contributed by atoms with Gasteiger partial charge in [0, 0.05) is 48.9 Å². The highest BCUT2D eigenvalue weighted by molar-refractivity contribution is 5.79. The molecule has 3 aromatic heterocycles. The number of hydrogen-bond acceptors (Lipinski definition) is 9. The van der Waals surface area contributed by atoms with Gasteiger partial charge in [0.05, 0.1) is 54.2 Å². The highest BCUT2D eigenvalue weighted by Gasteiger charge is 2.38. The number of imidazole rings is 1. The number of pyridine rings is 1. The number of nitrogens with zero attached hydrogens (tertiary/aromatic N) is 8. The second-order valence-corrected chi connectivity index (χ2v) is 13.7. The van der Waals surface area contributed by atoms with Crippen molar-refractivity contribution in [3.05, 3.63) is 83.1 Å². The molecule has 0 bridgehead atoms. The third-order valence-corrected chi connectivity index (χ3v) is 9.54. The zero-order chi connectivity index (χ0) is 36.1. The minimum absolute atomic E-state index is 0.00939. The Balaban J connectivity index is 1.10. The molecule has 11 nitrogen and oxygen atoms in total. The zero-order valence-electron chi connectivity index (χ0n) is 28.1. The number of ether oxygens (including phenoxy) is 2. The van der Waals surface area contributed by atoms with E-state index < -0.39 is 29.2 Å². The Bertz CT molecular complexity index is 2130. The van der Waals surface area contributed by atoms with Crippen LogP contribution in [0.25, 0.3) is 22.6 Å². The van der Waals surface area contributed by atoms with E-state index >= 15 is 0 Å². The molecule has 0 saturated carbocycles. The maximum absolute atomic E-state index is 14.8. The smallest absolute Gasteiger partial charge is 0.451 e. The molecule has 2 saturated heterocycles. The van der Waals surface area contributed by atoms with Gasteiger partial charge in [-0.3, -0.25) is 9.88 Å². The Morgan fingerprint density at radius 3 is 2.51 bits per heavy atom. The van der Waals surface area contributed by atoms with Crippen LogP contribution in [0.3, 0.4) is 0 Å². The molecule has 1 N–H and O–H groups in total. The van der Waals surface area contributed by atoms with Crippen molar-refractivity contribution in [3.63, 3.8) is 0 Å². The summed E-state index contributed by atoms with van der Waals surface area (Å²) in [5.41, 5.74) is 1.83. The fraction of sp³-hybridized carbons (Fsp3) is 0.400. The topological polar surface area (TPSA) is 121 Å². The maximum atomic E-state index is 14.8. The van der Waals surface area contributed by atoms with Crippen LogP contribution in [0.4, 0.5) is 27.6 Å². The summed E-state index contributed by atoms with van der Waals surface area (Å²) in [6.07, 6.45) is -2.21. The van der Waals surface area contributed by atoms with Gasteiger partial charge in [-0.1, -0.05) is 6.07 Å². The lowest BCUT2D eigenvalue weighted by Gasteiger charge is -2.48. The van der Waals surface area contributed by atoms with Crippen molar-refractivity contribution in [1.29, 1.82) is 5.26 Å². The maximum Gasteiger partial charge on any atom is 0.451 e. The summed E-state index contributed by atoms with van der Waals surface area (Å²) in [7, 11) is 0. The van der Waals surface area contributed by atoms with E-state index in [-0.39, 0.29) is 40.5 Å². The SMILES string of the molecule is CC1(C)CN(c2ccc(F)c(OCc3ccc(C#N)cc3F)c2)CCN1Cc1nc2cc(-c3nnc(C(F)(F)F)[nH]3)ncc2n1C[C@]1(C)CCO1. The van der Waals surface area contributed by atoms with Gasteiger partial charge in [0.15, 0.2) is 17.4 Å². The van der Waals surface area contributed by atoms with E-state index in [1.54, 1.807) is 24.4 Å². The van der Waals surface area contributed by atoms with Gasteiger partial charge in [-0.05, 0) is 51.1 Å². The predicted octanol–water partition coefficient (Wildman–Crippen LogP) is 6.24. The Labute approximate surface area is 289 Å². The summed E-state index contributed by atoms with van der Waals surface area (Å²) >= 11 is 0. The van der Waals surface area contributed by atoms with Crippen LogP contribution in [0, 0.1) is 23.0 Å².